The molecule has 0 aliphatic rings. The largest absolute Gasteiger partial charge is 0.515 e. The fraction of sp³-hybridized carbons (Fsp3) is 0.800. The Morgan fingerprint density at radius 3 is 1.75 bits per heavy atom. The first-order valence-electron chi connectivity index (χ1n) is 2.38. The third-order valence-electron chi connectivity index (χ3n) is 0.722. The van der Waals surface area contributed by atoms with Gasteiger partial charge in [-0.15, -0.1) is 0 Å². The van der Waals surface area contributed by atoms with Gasteiger partial charge in [-0.1, -0.05) is 0 Å². The molecular formula is C5H12NO2+. The van der Waals surface area contributed by atoms with Gasteiger partial charge in [0.1, 0.15) is 0 Å². The Hall–Kier alpha value is -0.570. The molecule has 1 amide bonds. The van der Waals surface area contributed by atoms with Crippen molar-refractivity contribution >= 4 is 6.09 Å². The van der Waals surface area contributed by atoms with Gasteiger partial charge in [-0.3, -0.25) is 0 Å². The van der Waals surface area contributed by atoms with E-state index >= 15 is 0 Å². The molecule has 0 aliphatic carbocycles. The average Bonchev–Trinajstić information content (AvgIpc) is 1.62. The van der Waals surface area contributed by atoms with Crippen molar-refractivity contribution in [3.63, 3.8) is 0 Å². The van der Waals surface area contributed by atoms with Crippen LogP contribution in [0.5, 0.6) is 0 Å². The van der Waals surface area contributed by atoms with Gasteiger partial charge < -0.3 is 4.74 Å². The average molecular weight is 118 g/mol. The maximum absolute atomic E-state index is 10.6. The van der Waals surface area contributed by atoms with Crippen LogP contribution in [0.2, 0.25) is 0 Å². The number of nitrogens with zero attached hydrogens (tertiary/aromatic N) is 1. The second kappa shape index (κ2) is 2.13. The van der Waals surface area contributed by atoms with Crippen LogP contribution in [-0.4, -0.2) is 38.8 Å². The standard InChI is InChI=1S/C5H12NO2/c1-6(2,3)5(7)8-4/h1-4H3/q+1. The Morgan fingerprint density at radius 2 is 1.75 bits per heavy atom. The summed E-state index contributed by atoms with van der Waals surface area (Å²) in [5.74, 6) is 0. The van der Waals surface area contributed by atoms with E-state index in [0.717, 1.165) is 0 Å². The van der Waals surface area contributed by atoms with Crippen LogP contribution in [0.15, 0.2) is 0 Å². The predicted octanol–water partition coefficient (Wildman–Crippen LogP) is 0.459. The second-order valence-electron chi connectivity index (χ2n) is 2.48. The van der Waals surface area contributed by atoms with Crippen molar-refractivity contribution in [3.8, 4) is 0 Å². The number of quaternary nitrogens is 1. The van der Waals surface area contributed by atoms with Gasteiger partial charge in [0.25, 0.3) is 0 Å². The van der Waals surface area contributed by atoms with E-state index in [9.17, 15) is 4.79 Å². The first kappa shape index (κ1) is 7.43. The van der Waals surface area contributed by atoms with Gasteiger partial charge in [0.15, 0.2) is 0 Å². The van der Waals surface area contributed by atoms with Crippen molar-refractivity contribution in [1.82, 2.24) is 0 Å². The van der Waals surface area contributed by atoms with Crippen LogP contribution < -0.4 is 0 Å². The molecule has 0 saturated carbocycles. The first-order chi connectivity index (χ1) is 3.48. The zero-order valence-corrected chi connectivity index (χ0v) is 5.76. The van der Waals surface area contributed by atoms with Crippen LogP contribution in [0, 0.1) is 0 Å². The van der Waals surface area contributed by atoms with Gasteiger partial charge in [0.2, 0.25) is 0 Å². The Balaban J connectivity index is 3.82. The number of methoxy groups -OCH3 is 1. The molecular weight excluding hydrogens is 106 g/mol. The topological polar surface area (TPSA) is 26.3 Å². The molecule has 8 heavy (non-hydrogen) atoms. The van der Waals surface area contributed by atoms with Crippen molar-refractivity contribution in [2.75, 3.05) is 28.3 Å². The molecule has 0 spiro atoms. The number of ether oxygens (including phenoxy) is 1. The van der Waals surface area contributed by atoms with E-state index in [0.29, 0.717) is 0 Å². The van der Waals surface area contributed by atoms with Gasteiger partial charge >= 0.3 is 6.09 Å². The summed E-state index contributed by atoms with van der Waals surface area (Å²) in [6.07, 6.45) is -0.231. The fourth-order valence-electron chi connectivity index (χ4n) is 0.274. The summed E-state index contributed by atoms with van der Waals surface area (Å²) in [5, 5.41) is 0. The van der Waals surface area contributed by atoms with Gasteiger partial charge in [-0.25, -0.2) is 4.48 Å². The number of hydrogen-bond acceptors (Lipinski definition) is 2. The molecule has 0 unspecified atom stereocenters. The Morgan fingerprint density at radius 1 is 1.38 bits per heavy atom. The molecule has 48 valence electrons. The summed E-state index contributed by atoms with van der Waals surface area (Å²) in [6, 6.07) is 0. The minimum absolute atomic E-state index is 0.219. The van der Waals surface area contributed by atoms with Crippen molar-refractivity contribution in [2.45, 2.75) is 0 Å². The SMILES string of the molecule is COC(=O)[N+](C)(C)C. The number of rotatable bonds is 0. The normalized spacial score (nSPS) is 11.0. The number of carbonyl (C=O) groups excluding carboxylic acids is 1. The van der Waals surface area contributed by atoms with Crippen molar-refractivity contribution < 1.29 is 14.0 Å². The van der Waals surface area contributed by atoms with E-state index in [2.05, 4.69) is 4.74 Å². The van der Waals surface area contributed by atoms with Crippen molar-refractivity contribution in [3.05, 3.63) is 0 Å². The third kappa shape index (κ3) is 1.93. The molecule has 0 N–H and O–H groups in total. The maximum Gasteiger partial charge on any atom is 0.515 e. The zero-order valence-electron chi connectivity index (χ0n) is 5.76. The van der Waals surface area contributed by atoms with Crippen LogP contribution in [0.4, 0.5) is 4.79 Å². The molecule has 0 bridgehead atoms. The number of carbonyl (C=O) groups is 1. The number of hydrogen-bond donors (Lipinski definition) is 0. The molecule has 3 heteroatoms. The summed E-state index contributed by atoms with van der Waals surface area (Å²) in [7, 11) is 6.65. The molecule has 0 atom stereocenters. The van der Waals surface area contributed by atoms with Crippen LogP contribution in [-0.2, 0) is 4.74 Å². The maximum atomic E-state index is 10.6. The summed E-state index contributed by atoms with van der Waals surface area (Å²) in [5.41, 5.74) is 0. The highest BCUT2D eigenvalue weighted by atomic mass is 16.5. The van der Waals surface area contributed by atoms with Crippen LogP contribution in [0.25, 0.3) is 0 Å². The van der Waals surface area contributed by atoms with Gasteiger partial charge in [-0.2, -0.15) is 4.79 Å². The smallest absolute Gasteiger partial charge is 0.423 e. The lowest BCUT2D eigenvalue weighted by molar-refractivity contribution is -0.795. The fourth-order valence-corrected chi connectivity index (χ4v) is 0.274. The predicted molar refractivity (Wildman–Crippen MR) is 30.4 cm³/mol. The highest BCUT2D eigenvalue weighted by Gasteiger charge is 2.19. The van der Waals surface area contributed by atoms with E-state index in [-0.39, 0.29) is 10.6 Å². The molecule has 0 aromatic rings. The molecule has 0 rings (SSSR count). The third-order valence-corrected chi connectivity index (χ3v) is 0.722. The van der Waals surface area contributed by atoms with Gasteiger partial charge in [0.05, 0.1) is 28.3 Å². The molecule has 0 aromatic carbocycles. The minimum atomic E-state index is -0.231. The van der Waals surface area contributed by atoms with E-state index in [1.165, 1.54) is 7.11 Å². The van der Waals surface area contributed by atoms with Crippen LogP contribution >= 0.6 is 0 Å². The van der Waals surface area contributed by atoms with E-state index in [1.54, 1.807) is 21.1 Å². The minimum Gasteiger partial charge on any atom is -0.423 e. The monoisotopic (exact) mass is 118 g/mol. The Labute approximate surface area is 49.4 Å². The van der Waals surface area contributed by atoms with Crippen molar-refractivity contribution in [2.24, 2.45) is 0 Å². The molecule has 0 aliphatic heterocycles. The Bertz CT molecular complexity index is 93.1. The molecule has 0 saturated heterocycles. The van der Waals surface area contributed by atoms with Gasteiger partial charge in [0, 0.05) is 0 Å². The van der Waals surface area contributed by atoms with Gasteiger partial charge in [-0.05, 0) is 0 Å². The lowest BCUT2D eigenvalue weighted by atomic mass is 10.7. The van der Waals surface area contributed by atoms with Crippen LogP contribution in [0.3, 0.4) is 0 Å². The lowest BCUT2D eigenvalue weighted by Gasteiger charge is -2.17. The summed E-state index contributed by atoms with van der Waals surface area (Å²) < 4.78 is 4.67. The molecule has 3 nitrogen and oxygen atoms in total. The van der Waals surface area contributed by atoms with E-state index in [1.807, 2.05) is 0 Å². The molecule has 0 heterocycles. The first-order valence-corrected chi connectivity index (χ1v) is 2.38. The molecule has 0 fully saturated rings. The Kier molecular flexibility index (Phi) is 1.98. The zero-order chi connectivity index (χ0) is 6.78. The highest BCUT2D eigenvalue weighted by molar-refractivity contribution is 5.58. The van der Waals surface area contributed by atoms with Crippen LogP contribution in [0.1, 0.15) is 0 Å². The summed E-state index contributed by atoms with van der Waals surface area (Å²) in [6.45, 7) is 0. The summed E-state index contributed by atoms with van der Waals surface area (Å²) in [4.78, 5) is 10.6. The van der Waals surface area contributed by atoms with E-state index in [4.69, 9.17) is 0 Å². The quantitative estimate of drug-likeness (QED) is 0.432. The number of amides is 1. The molecule has 0 radical (unpaired) electrons. The highest BCUT2D eigenvalue weighted by Crippen LogP contribution is 1.92. The van der Waals surface area contributed by atoms with E-state index < -0.39 is 0 Å². The molecule has 0 aromatic heterocycles. The second-order valence-corrected chi connectivity index (χ2v) is 2.48. The summed E-state index contributed by atoms with van der Waals surface area (Å²) >= 11 is 0. The lowest BCUT2D eigenvalue weighted by Crippen LogP contribution is -2.40. The van der Waals surface area contributed by atoms with Crippen molar-refractivity contribution in [1.29, 1.82) is 0 Å².